The van der Waals surface area contributed by atoms with Gasteiger partial charge < -0.3 is 15.4 Å². The van der Waals surface area contributed by atoms with Gasteiger partial charge in [0.15, 0.2) is 0 Å². The molecular formula is C18H23N5O2. The van der Waals surface area contributed by atoms with E-state index in [1.165, 1.54) is 0 Å². The Balaban J connectivity index is 1.94. The lowest BCUT2D eigenvalue weighted by Gasteiger charge is -2.15. The second-order valence-corrected chi connectivity index (χ2v) is 6.24. The maximum atomic E-state index is 12.1. The number of H-pyrrole nitrogens is 1. The van der Waals surface area contributed by atoms with E-state index in [1.54, 1.807) is 18.2 Å². The number of hydrogen-bond donors (Lipinski definition) is 3. The van der Waals surface area contributed by atoms with Gasteiger partial charge in [-0.3, -0.25) is 5.10 Å². The highest BCUT2D eigenvalue weighted by Gasteiger charge is 2.12. The zero-order valence-corrected chi connectivity index (χ0v) is 14.9. The number of amides is 2. The minimum Gasteiger partial charge on any atom is -0.490 e. The summed E-state index contributed by atoms with van der Waals surface area (Å²) in [6.07, 6.45) is 0.600. The fraction of sp³-hybridized carbons (Fsp3) is 0.389. The molecule has 132 valence electrons. The van der Waals surface area contributed by atoms with Crippen LogP contribution in [-0.4, -0.2) is 28.4 Å². The van der Waals surface area contributed by atoms with Crippen LogP contribution in [0.25, 0.3) is 0 Å². The molecule has 2 amide bonds. The summed E-state index contributed by atoms with van der Waals surface area (Å²) in [7, 11) is 0. The van der Waals surface area contributed by atoms with Crippen molar-refractivity contribution >= 4 is 11.7 Å². The van der Waals surface area contributed by atoms with E-state index in [0.29, 0.717) is 23.4 Å². The summed E-state index contributed by atoms with van der Waals surface area (Å²) >= 11 is 0. The number of nitrogens with one attached hydrogen (secondary N) is 3. The van der Waals surface area contributed by atoms with Gasteiger partial charge in [0, 0.05) is 23.8 Å². The number of aromatic nitrogens is 2. The molecule has 1 aromatic carbocycles. The number of nitriles is 1. The molecule has 0 aliphatic carbocycles. The monoisotopic (exact) mass is 341 g/mol. The van der Waals surface area contributed by atoms with Crippen molar-refractivity contribution in [1.82, 2.24) is 15.5 Å². The van der Waals surface area contributed by atoms with E-state index in [1.807, 2.05) is 33.8 Å². The second-order valence-electron chi connectivity index (χ2n) is 6.24. The van der Waals surface area contributed by atoms with Crippen LogP contribution in [0.15, 0.2) is 24.3 Å². The summed E-state index contributed by atoms with van der Waals surface area (Å²) in [4.78, 5) is 12.1. The average molecular weight is 341 g/mol. The molecule has 3 N–H and O–H groups in total. The number of anilines is 1. The number of carbonyl (C=O) groups is 1. The van der Waals surface area contributed by atoms with Gasteiger partial charge in [0.2, 0.25) is 0 Å². The van der Waals surface area contributed by atoms with Crippen molar-refractivity contribution < 1.29 is 9.53 Å². The van der Waals surface area contributed by atoms with Crippen molar-refractivity contribution in [2.75, 3.05) is 5.32 Å². The number of benzene rings is 1. The van der Waals surface area contributed by atoms with Crippen LogP contribution in [0.3, 0.4) is 0 Å². The van der Waals surface area contributed by atoms with Gasteiger partial charge in [0.1, 0.15) is 11.8 Å². The Morgan fingerprint density at radius 2 is 2.12 bits per heavy atom. The molecule has 0 aliphatic heterocycles. The highest BCUT2D eigenvalue weighted by Crippen LogP contribution is 2.23. The minimum atomic E-state index is -0.332. The van der Waals surface area contributed by atoms with Crippen molar-refractivity contribution in [1.29, 1.82) is 5.26 Å². The van der Waals surface area contributed by atoms with Crippen LogP contribution in [0.4, 0.5) is 10.5 Å². The molecule has 0 aliphatic rings. The van der Waals surface area contributed by atoms with Gasteiger partial charge in [-0.1, -0.05) is 0 Å². The highest BCUT2D eigenvalue weighted by atomic mass is 16.5. The molecule has 1 atom stereocenters. The first kappa shape index (κ1) is 18.3. The number of ether oxygens (including phenoxy) is 1. The zero-order chi connectivity index (χ0) is 18.4. The third kappa shape index (κ3) is 5.53. The largest absolute Gasteiger partial charge is 0.490 e. The predicted octanol–water partition coefficient (Wildman–Crippen LogP) is 3.13. The fourth-order valence-corrected chi connectivity index (χ4v) is 2.39. The number of aromatic amines is 1. The Bertz CT molecular complexity index is 776. The summed E-state index contributed by atoms with van der Waals surface area (Å²) in [5.74, 6) is 0.505. The Kier molecular flexibility index (Phi) is 6.01. The lowest BCUT2D eigenvalue weighted by molar-refractivity contribution is 0.241. The van der Waals surface area contributed by atoms with Crippen molar-refractivity contribution in [3.63, 3.8) is 0 Å². The zero-order valence-electron chi connectivity index (χ0n) is 14.9. The van der Waals surface area contributed by atoms with E-state index in [-0.39, 0.29) is 18.2 Å². The molecule has 0 saturated carbocycles. The number of hydrogen-bond acceptors (Lipinski definition) is 4. The average Bonchev–Trinajstić information content (AvgIpc) is 2.92. The quantitative estimate of drug-likeness (QED) is 0.751. The van der Waals surface area contributed by atoms with Crippen LogP contribution in [0.1, 0.15) is 37.7 Å². The molecule has 7 heteroatoms. The standard InChI is InChI=1S/C18H23N5O2/c1-11(2)25-17-6-5-15(9-14(17)10-19)21-18(24)20-12(3)7-16-8-13(4)22-23-16/h5-6,8-9,11-12H,7H2,1-4H3,(H,22,23)(H2,20,21,24)/t12-/m0/s1. The van der Waals surface area contributed by atoms with Gasteiger partial charge in [-0.05, 0) is 52.0 Å². The third-order valence-corrected chi connectivity index (χ3v) is 3.37. The van der Waals surface area contributed by atoms with Gasteiger partial charge in [-0.2, -0.15) is 10.4 Å². The third-order valence-electron chi connectivity index (χ3n) is 3.37. The number of carbonyl (C=O) groups excluding carboxylic acids is 1. The van der Waals surface area contributed by atoms with E-state index in [2.05, 4.69) is 26.9 Å². The molecule has 1 heterocycles. The first-order valence-corrected chi connectivity index (χ1v) is 8.16. The topological polar surface area (TPSA) is 103 Å². The summed E-state index contributed by atoms with van der Waals surface area (Å²) in [5, 5.41) is 21.9. The molecule has 0 unspecified atom stereocenters. The van der Waals surface area contributed by atoms with E-state index in [9.17, 15) is 10.1 Å². The molecule has 0 radical (unpaired) electrons. The molecule has 2 aromatic rings. The summed E-state index contributed by atoms with van der Waals surface area (Å²) in [5.41, 5.74) is 2.80. The van der Waals surface area contributed by atoms with E-state index < -0.39 is 0 Å². The smallest absolute Gasteiger partial charge is 0.319 e. The van der Waals surface area contributed by atoms with Crippen molar-refractivity contribution in [2.24, 2.45) is 0 Å². The van der Waals surface area contributed by atoms with E-state index >= 15 is 0 Å². The Morgan fingerprint density at radius 3 is 2.72 bits per heavy atom. The van der Waals surface area contributed by atoms with Crippen LogP contribution < -0.4 is 15.4 Å². The Labute approximate surface area is 147 Å². The summed E-state index contributed by atoms with van der Waals surface area (Å²) < 4.78 is 5.57. The molecule has 25 heavy (non-hydrogen) atoms. The van der Waals surface area contributed by atoms with Crippen LogP contribution in [0, 0.1) is 18.3 Å². The van der Waals surface area contributed by atoms with E-state index in [0.717, 1.165) is 11.4 Å². The number of aryl methyl sites for hydroxylation is 1. The van der Waals surface area contributed by atoms with Gasteiger partial charge >= 0.3 is 6.03 Å². The van der Waals surface area contributed by atoms with Crippen LogP contribution in [0.2, 0.25) is 0 Å². The SMILES string of the molecule is Cc1cc(C[C@H](C)NC(=O)Nc2ccc(OC(C)C)c(C#N)c2)n[nH]1. The first-order valence-electron chi connectivity index (χ1n) is 8.16. The summed E-state index contributed by atoms with van der Waals surface area (Å²) in [6, 6.07) is 8.60. The molecule has 1 aromatic heterocycles. The lowest BCUT2D eigenvalue weighted by atomic mass is 10.2. The maximum absolute atomic E-state index is 12.1. The van der Waals surface area contributed by atoms with E-state index in [4.69, 9.17) is 4.74 Å². The number of urea groups is 1. The minimum absolute atomic E-state index is 0.0271. The summed E-state index contributed by atoms with van der Waals surface area (Å²) in [6.45, 7) is 7.62. The molecular weight excluding hydrogens is 318 g/mol. The van der Waals surface area contributed by atoms with Crippen molar-refractivity contribution in [3.8, 4) is 11.8 Å². The normalized spacial score (nSPS) is 11.7. The molecule has 0 fully saturated rings. The predicted molar refractivity (Wildman–Crippen MR) is 95.6 cm³/mol. The maximum Gasteiger partial charge on any atom is 0.319 e. The molecule has 0 bridgehead atoms. The number of rotatable bonds is 6. The van der Waals surface area contributed by atoms with Gasteiger partial charge in [-0.25, -0.2) is 4.79 Å². The van der Waals surface area contributed by atoms with Gasteiger partial charge in [0.25, 0.3) is 0 Å². The molecule has 2 rings (SSSR count). The van der Waals surface area contributed by atoms with Crippen molar-refractivity contribution in [2.45, 2.75) is 46.3 Å². The van der Waals surface area contributed by atoms with Gasteiger partial charge in [-0.15, -0.1) is 0 Å². The molecule has 0 spiro atoms. The first-order chi connectivity index (χ1) is 11.9. The molecule has 7 nitrogen and oxygen atoms in total. The fourth-order valence-electron chi connectivity index (χ4n) is 2.39. The lowest BCUT2D eigenvalue weighted by Crippen LogP contribution is -2.37. The Hall–Kier alpha value is -3.01. The number of nitrogens with zero attached hydrogens (tertiary/aromatic N) is 2. The van der Waals surface area contributed by atoms with Crippen LogP contribution in [-0.2, 0) is 6.42 Å². The van der Waals surface area contributed by atoms with Crippen LogP contribution in [0.5, 0.6) is 5.75 Å². The molecule has 0 saturated heterocycles. The Morgan fingerprint density at radius 1 is 1.36 bits per heavy atom. The second kappa shape index (κ2) is 8.20. The van der Waals surface area contributed by atoms with Gasteiger partial charge in [0.05, 0.1) is 17.4 Å². The highest BCUT2D eigenvalue weighted by molar-refractivity contribution is 5.89. The van der Waals surface area contributed by atoms with Crippen molar-refractivity contribution in [3.05, 3.63) is 41.2 Å². The van der Waals surface area contributed by atoms with Crippen LogP contribution >= 0.6 is 0 Å².